The largest absolute Gasteiger partial charge is 0.468 e. The molecule has 0 aliphatic rings. The molecule has 0 saturated carbocycles. The first kappa shape index (κ1) is 14.7. The summed E-state index contributed by atoms with van der Waals surface area (Å²) in [6.45, 7) is 5.78. The molecule has 0 spiro atoms. The molecule has 90 valence electrons. The van der Waals surface area contributed by atoms with Gasteiger partial charge in [-0.1, -0.05) is 32.8 Å². The maximum atomic E-state index is 11.7. The van der Waals surface area contributed by atoms with Crippen LogP contribution in [0.5, 0.6) is 0 Å². The molecule has 0 heterocycles. The third kappa shape index (κ3) is 3.10. The second-order valence-electron chi connectivity index (χ2n) is 3.89. The lowest BCUT2D eigenvalue weighted by Crippen LogP contribution is -2.31. The van der Waals surface area contributed by atoms with E-state index in [9.17, 15) is 10.1 Å². The van der Waals surface area contributed by atoms with Crippen LogP contribution in [0.1, 0.15) is 46.5 Å². The molecule has 0 rings (SSSR count). The molecule has 1 atom stereocenters. The van der Waals surface area contributed by atoms with Crippen LogP contribution in [0.4, 0.5) is 0 Å². The molecule has 0 saturated heterocycles. The number of esters is 1. The molecule has 0 bridgehead atoms. The van der Waals surface area contributed by atoms with Gasteiger partial charge in [0.15, 0.2) is 5.41 Å². The summed E-state index contributed by atoms with van der Waals surface area (Å²) in [5, 5.41) is 9.21. The summed E-state index contributed by atoms with van der Waals surface area (Å²) in [5.74, 6) is -0.456. The van der Waals surface area contributed by atoms with Crippen molar-refractivity contribution in [3.8, 4) is 6.07 Å². The third-order valence-corrected chi connectivity index (χ3v) is 2.94. The Balaban J connectivity index is 4.98. The molecule has 0 amide bonds. The van der Waals surface area contributed by atoms with E-state index in [1.54, 1.807) is 0 Å². The van der Waals surface area contributed by atoms with Gasteiger partial charge in [-0.3, -0.25) is 0 Å². The summed E-state index contributed by atoms with van der Waals surface area (Å²) in [5.41, 5.74) is -0.291. The fraction of sp³-hybridized carbons (Fsp3) is 0.692. The van der Waals surface area contributed by atoms with Crippen molar-refractivity contribution < 1.29 is 9.53 Å². The van der Waals surface area contributed by atoms with Crippen molar-refractivity contribution in [3.63, 3.8) is 0 Å². The third-order valence-electron chi connectivity index (χ3n) is 2.94. The Morgan fingerprint density at radius 1 is 1.50 bits per heavy atom. The molecule has 0 unspecified atom stereocenters. The zero-order valence-corrected chi connectivity index (χ0v) is 10.7. The lowest BCUT2D eigenvalue weighted by atomic mass is 9.79. The van der Waals surface area contributed by atoms with Gasteiger partial charge < -0.3 is 4.74 Å². The van der Waals surface area contributed by atoms with Gasteiger partial charge in [0.25, 0.3) is 0 Å². The number of carbonyl (C=O) groups is 1. The molecule has 0 radical (unpaired) electrons. The molecule has 0 aliphatic carbocycles. The van der Waals surface area contributed by atoms with Crippen LogP contribution >= 0.6 is 0 Å². The predicted molar refractivity (Wildman–Crippen MR) is 63.6 cm³/mol. The van der Waals surface area contributed by atoms with E-state index < -0.39 is 11.4 Å². The fourth-order valence-electron chi connectivity index (χ4n) is 1.67. The summed E-state index contributed by atoms with van der Waals surface area (Å²) in [6, 6.07) is 2.10. The number of rotatable bonds is 6. The highest BCUT2D eigenvalue weighted by Crippen LogP contribution is 2.32. The minimum Gasteiger partial charge on any atom is -0.468 e. The van der Waals surface area contributed by atoms with Gasteiger partial charge in [0, 0.05) is 0 Å². The molecule has 16 heavy (non-hydrogen) atoms. The van der Waals surface area contributed by atoms with Crippen molar-refractivity contribution in [2.45, 2.75) is 46.5 Å². The number of nitriles is 1. The van der Waals surface area contributed by atoms with E-state index in [1.165, 1.54) is 7.11 Å². The monoisotopic (exact) mass is 223 g/mol. The van der Waals surface area contributed by atoms with E-state index in [1.807, 2.05) is 19.9 Å². The van der Waals surface area contributed by atoms with Gasteiger partial charge in [0.05, 0.1) is 13.2 Å². The van der Waals surface area contributed by atoms with E-state index in [4.69, 9.17) is 4.74 Å². The van der Waals surface area contributed by atoms with Crippen LogP contribution in [0.15, 0.2) is 11.6 Å². The first-order valence-electron chi connectivity index (χ1n) is 5.75. The van der Waals surface area contributed by atoms with Gasteiger partial charge in [-0.2, -0.15) is 5.26 Å². The number of ether oxygens (including phenoxy) is 1. The van der Waals surface area contributed by atoms with Crippen LogP contribution in [0, 0.1) is 16.7 Å². The Labute approximate surface area is 98.1 Å². The van der Waals surface area contributed by atoms with Crippen LogP contribution in [0.2, 0.25) is 0 Å². The molecule has 3 nitrogen and oxygen atoms in total. The standard InChI is InChI=1S/C13H21NO2/c1-5-7-8-9-11(3)13(6-2,10-14)12(15)16-4/h9H,5-8H2,1-4H3/b11-9-/t13-/m1/s1. The highest BCUT2D eigenvalue weighted by molar-refractivity contribution is 5.83. The molecule has 0 fully saturated rings. The molecule has 0 N–H and O–H groups in total. The van der Waals surface area contributed by atoms with Crippen LogP contribution in [-0.2, 0) is 9.53 Å². The lowest BCUT2D eigenvalue weighted by Gasteiger charge is -2.23. The van der Waals surface area contributed by atoms with Gasteiger partial charge in [-0.25, -0.2) is 4.79 Å². The van der Waals surface area contributed by atoms with Crippen LogP contribution in [0.25, 0.3) is 0 Å². The highest BCUT2D eigenvalue weighted by Gasteiger charge is 2.39. The van der Waals surface area contributed by atoms with Crippen molar-refractivity contribution >= 4 is 5.97 Å². The number of hydrogen-bond donors (Lipinski definition) is 0. The highest BCUT2D eigenvalue weighted by atomic mass is 16.5. The van der Waals surface area contributed by atoms with Crippen LogP contribution < -0.4 is 0 Å². The first-order valence-corrected chi connectivity index (χ1v) is 5.75. The van der Waals surface area contributed by atoms with Crippen molar-refractivity contribution in [2.24, 2.45) is 5.41 Å². The Kier molecular flexibility index (Phi) is 6.48. The fourth-order valence-corrected chi connectivity index (χ4v) is 1.67. The molecular formula is C13H21NO2. The number of nitrogens with zero attached hydrogens (tertiary/aromatic N) is 1. The van der Waals surface area contributed by atoms with E-state index in [2.05, 4.69) is 13.0 Å². The SMILES string of the molecule is CCCC/C=C(/C)[C@](C#N)(CC)C(=O)OC. The zero-order chi connectivity index (χ0) is 12.6. The molecule has 0 aromatic carbocycles. The summed E-state index contributed by atoms with van der Waals surface area (Å²) >= 11 is 0. The summed E-state index contributed by atoms with van der Waals surface area (Å²) in [7, 11) is 1.32. The van der Waals surface area contributed by atoms with E-state index in [-0.39, 0.29) is 0 Å². The number of hydrogen-bond acceptors (Lipinski definition) is 3. The number of allylic oxidation sites excluding steroid dienone is 1. The number of carbonyl (C=O) groups excluding carboxylic acids is 1. The Hall–Kier alpha value is -1.30. The minimum absolute atomic E-state index is 0.449. The number of methoxy groups -OCH3 is 1. The topological polar surface area (TPSA) is 50.1 Å². The van der Waals surface area contributed by atoms with E-state index in [0.717, 1.165) is 24.8 Å². The van der Waals surface area contributed by atoms with Gasteiger partial charge in [-0.05, 0) is 25.3 Å². The molecule has 3 heteroatoms. The maximum absolute atomic E-state index is 11.7. The van der Waals surface area contributed by atoms with Gasteiger partial charge in [0.1, 0.15) is 0 Å². The smallest absolute Gasteiger partial charge is 0.330 e. The molecule has 0 aliphatic heterocycles. The molecule has 0 aromatic rings. The van der Waals surface area contributed by atoms with E-state index in [0.29, 0.717) is 6.42 Å². The first-order chi connectivity index (χ1) is 7.58. The second kappa shape index (κ2) is 7.05. The maximum Gasteiger partial charge on any atom is 0.330 e. The van der Waals surface area contributed by atoms with Crippen molar-refractivity contribution in [3.05, 3.63) is 11.6 Å². The molecule has 0 aromatic heterocycles. The van der Waals surface area contributed by atoms with Crippen LogP contribution in [-0.4, -0.2) is 13.1 Å². The average Bonchev–Trinajstić information content (AvgIpc) is 2.31. The zero-order valence-electron chi connectivity index (χ0n) is 10.7. The lowest BCUT2D eigenvalue weighted by molar-refractivity contribution is -0.147. The number of unbranched alkanes of at least 4 members (excludes halogenated alkanes) is 2. The molecular weight excluding hydrogens is 202 g/mol. The van der Waals surface area contributed by atoms with E-state index >= 15 is 0 Å². The Morgan fingerprint density at radius 3 is 2.50 bits per heavy atom. The Morgan fingerprint density at radius 2 is 2.12 bits per heavy atom. The van der Waals surface area contributed by atoms with Gasteiger partial charge in [0.2, 0.25) is 0 Å². The van der Waals surface area contributed by atoms with Gasteiger partial charge >= 0.3 is 5.97 Å². The quantitative estimate of drug-likeness (QED) is 0.394. The van der Waals surface area contributed by atoms with Gasteiger partial charge in [-0.15, -0.1) is 0 Å². The average molecular weight is 223 g/mol. The summed E-state index contributed by atoms with van der Waals surface area (Å²) < 4.78 is 4.72. The second-order valence-corrected chi connectivity index (χ2v) is 3.89. The minimum atomic E-state index is -1.09. The van der Waals surface area contributed by atoms with Crippen molar-refractivity contribution in [1.82, 2.24) is 0 Å². The summed E-state index contributed by atoms with van der Waals surface area (Å²) in [4.78, 5) is 11.7. The predicted octanol–water partition coefficient (Wildman–Crippen LogP) is 3.22. The van der Waals surface area contributed by atoms with Crippen LogP contribution in [0.3, 0.4) is 0 Å². The normalized spacial score (nSPS) is 15.1. The van der Waals surface area contributed by atoms with Crippen molar-refractivity contribution in [2.75, 3.05) is 7.11 Å². The Bertz CT molecular complexity index is 302. The van der Waals surface area contributed by atoms with Crippen molar-refractivity contribution in [1.29, 1.82) is 5.26 Å². The summed E-state index contributed by atoms with van der Waals surface area (Å²) in [6.07, 6.45) is 5.51.